The van der Waals surface area contributed by atoms with E-state index in [0.717, 1.165) is 67.6 Å². The van der Waals surface area contributed by atoms with Crippen molar-refractivity contribution in [2.75, 3.05) is 26.4 Å². The maximum Gasteiger partial charge on any atom is 0.330 e. The Balaban J connectivity index is 1.36. The molecule has 0 aliphatic heterocycles. The number of rotatable bonds is 14. The van der Waals surface area contributed by atoms with Crippen LogP contribution in [0.2, 0.25) is 0 Å². The Hall–Kier alpha value is -7.18. The van der Waals surface area contributed by atoms with E-state index in [2.05, 4.69) is 122 Å². The lowest BCUT2D eigenvalue weighted by atomic mass is 9.66. The fourth-order valence-electron chi connectivity index (χ4n) is 7.92. The molecule has 280 valence electrons. The molecule has 7 aromatic rings. The second-order valence-electron chi connectivity index (χ2n) is 13.6. The largest absolute Gasteiger partial charge is 0.489 e. The Labute approximate surface area is 332 Å². The molecule has 6 nitrogen and oxygen atoms in total. The van der Waals surface area contributed by atoms with Crippen LogP contribution in [-0.2, 0) is 24.5 Å². The Morgan fingerprint density at radius 1 is 0.456 bits per heavy atom. The van der Waals surface area contributed by atoms with Gasteiger partial charge in [-0.05, 0) is 91.7 Å². The average Bonchev–Trinajstić information content (AvgIpc) is 3.56. The topological polar surface area (TPSA) is 71.1 Å². The minimum Gasteiger partial charge on any atom is -0.489 e. The molecular weight excluding hydrogens is 709 g/mol. The Morgan fingerprint density at radius 2 is 0.930 bits per heavy atom. The number of hydrogen-bond donors (Lipinski definition) is 0. The first-order valence-corrected chi connectivity index (χ1v) is 18.9. The summed E-state index contributed by atoms with van der Waals surface area (Å²) in [5.74, 6) is 0.358. The molecule has 8 rings (SSSR count). The first-order valence-electron chi connectivity index (χ1n) is 18.9. The van der Waals surface area contributed by atoms with Crippen molar-refractivity contribution in [3.05, 3.63) is 205 Å². The molecule has 0 unspecified atom stereocenters. The van der Waals surface area contributed by atoms with E-state index in [1.165, 1.54) is 10.9 Å². The van der Waals surface area contributed by atoms with Crippen LogP contribution in [0.1, 0.15) is 22.3 Å². The predicted octanol–water partition coefficient (Wildman–Crippen LogP) is 10.8. The zero-order chi connectivity index (χ0) is 39.2. The van der Waals surface area contributed by atoms with Crippen LogP contribution >= 0.6 is 0 Å². The third kappa shape index (κ3) is 7.09. The van der Waals surface area contributed by atoms with Crippen molar-refractivity contribution < 1.29 is 28.5 Å². The maximum absolute atomic E-state index is 11.8. The number of hydrogen-bond acceptors (Lipinski definition) is 6. The number of esters is 2. The summed E-state index contributed by atoms with van der Waals surface area (Å²) in [4.78, 5) is 23.5. The molecule has 0 spiro atoms. The van der Waals surface area contributed by atoms with Crippen LogP contribution in [0, 0.1) is 0 Å². The smallest absolute Gasteiger partial charge is 0.330 e. The van der Waals surface area contributed by atoms with Crippen molar-refractivity contribution in [2.24, 2.45) is 0 Å². The van der Waals surface area contributed by atoms with E-state index in [0.29, 0.717) is 11.5 Å². The normalized spacial score (nSPS) is 12.2. The van der Waals surface area contributed by atoms with E-state index >= 15 is 0 Å². The van der Waals surface area contributed by atoms with Gasteiger partial charge in [0.15, 0.2) is 0 Å². The lowest BCUT2D eigenvalue weighted by Crippen LogP contribution is -2.29. The molecule has 0 saturated heterocycles. The van der Waals surface area contributed by atoms with E-state index in [4.69, 9.17) is 18.9 Å². The monoisotopic (exact) mass is 748 g/mol. The van der Waals surface area contributed by atoms with Gasteiger partial charge in [-0.1, -0.05) is 134 Å². The zero-order valence-electron chi connectivity index (χ0n) is 31.4. The standard InChI is InChI=1S/C51H40O6/c1-3-49(52)56-29-27-54-47-25-23-39(33-42(47)35-15-7-5-8-16-35)51(45-22-14-13-21-41(45)44-31-37-19-11-12-20-38(37)32-46(44)51)40-24-26-48(55-28-30-57-50(53)4-2)43(34-40)36-17-9-6-10-18-36/h3-26,31-34H,1-2,27-30H2. The van der Waals surface area contributed by atoms with Crippen LogP contribution in [0.3, 0.4) is 0 Å². The first-order chi connectivity index (χ1) is 28.0. The molecule has 0 aromatic heterocycles. The second-order valence-corrected chi connectivity index (χ2v) is 13.6. The quantitative estimate of drug-likeness (QED) is 0.0626. The molecule has 57 heavy (non-hydrogen) atoms. The minimum atomic E-state index is -0.779. The van der Waals surface area contributed by atoms with Crippen LogP contribution in [0.15, 0.2) is 183 Å². The predicted molar refractivity (Wildman–Crippen MR) is 225 cm³/mol. The SMILES string of the molecule is C=CC(=O)OCCOc1ccc(C2(c3ccc(OCCOC(=O)C=C)c(-c4ccccc4)c3)c3ccccc3-c3cc4ccccc4cc32)cc1-c1ccccc1. The van der Waals surface area contributed by atoms with Crippen molar-refractivity contribution in [1.29, 1.82) is 0 Å². The molecule has 6 heteroatoms. The fourth-order valence-corrected chi connectivity index (χ4v) is 7.92. The van der Waals surface area contributed by atoms with Crippen LogP contribution in [0.25, 0.3) is 44.2 Å². The van der Waals surface area contributed by atoms with Crippen molar-refractivity contribution in [1.82, 2.24) is 0 Å². The summed E-state index contributed by atoms with van der Waals surface area (Å²) in [6.07, 6.45) is 2.29. The van der Waals surface area contributed by atoms with Crippen molar-refractivity contribution in [3.8, 4) is 44.9 Å². The number of ether oxygens (including phenoxy) is 4. The fraction of sp³-hybridized carbons (Fsp3) is 0.0980. The van der Waals surface area contributed by atoms with Gasteiger partial charge in [0, 0.05) is 23.3 Å². The van der Waals surface area contributed by atoms with Gasteiger partial charge in [-0.3, -0.25) is 0 Å². The van der Waals surface area contributed by atoms with Gasteiger partial charge in [0.1, 0.15) is 37.9 Å². The summed E-state index contributed by atoms with van der Waals surface area (Å²) in [5.41, 5.74) is 9.77. The highest BCUT2D eigenvalue weighted by atomic mass is 16.6. The number of carbonyl (C=O) groups is 2. The molecule has 0 amide bonds. The summed E-state index contributed by atoms with van der Waals surface area (Å²) < 4.78 is 23.1. The molecule has 0 heterocycles. The number of carbonyl (C=O) groups excluding carboxylic acids is 2. The van der Waals surface area contributed by atoms with Crippen LogP contribution in [0.5, 0.6) is 11.5 Å². The van der Waals surface area contributed by atoms with Gasteiger partial charge in [-0.15, -0.1) is 0 Å². The molecule has 0 N–H and O–H groups in total. The summed E-state index contributed by atoms with van der Waals surface area (Å²) in [5, 5.41) is 2.31. The zero-order valence-corrected chi connectivity index (χ0v) is 31.4. The highest BCUT2D eigenvalue weighted by Crippen LogP contribution is 2.58. The third-order valence-corrected chi connectivity index (χ3v) is 10.4. The minimum absolute atomic E-state index is 0.0893. The van der Waals surface area contributed by atoms with Gasteiger partial charge in [-0.2, -0.15) is 0 Å². The Bertz CT molecular complexity index is 2490. The van der Waals surface area contributed by atoms with Gasteiger partial charge < -0.3 is 18.9 Å². The molecular formula is C51H40O6. The molecule has 0 saturated carbocycles. The molecule has 1 aliphatic rings. The lowest BCUT2D eigenvalue weighted by Gasteiger charge is -2.35. The molecule has 0 radical (unpaired) electrons. The number of fused-ring (bicyclic) bond motifs is 4. The van der Waals surface area contributed by atoms with Gasteiger partial charge >= 0.3 is 11.9 Å². The van der Waals surface area contributed by atoms with Gasteiger partial charge in [0.05, 0.1) is 5.41 Å². The van der Waals surface area contributed by atoms with E-state index in [-0.39, 0.29) is 26.4 Å². The summed E-state index contributed by atoms with van der Waals surface area (Å²) >= 11 is 0. The highest BCUT2D eigenvalue weighted by Gasteiger charge is 2.47. The van der Waals surface area contributed by atoms with E-state index in [9.17, 15) is 9.59 Å². The first kappa shape index (κ1) is 36.8. The molecule has 0 fully saturated rings. The van der Waals surface area contributed by atoms with E-state index < -0.39 is 17.4 Å². The van der Waals surface area contributed by atoms with Gasteiger partial charge in [0.25, 0.3) is 0 Å². The Morgan fingerprint density at radius 3 is 1.46 bits per heavy atom. The van der Waals surface area contributed by atoms with E-state index in [1.54, 1.807) is 0 Å². The molecule has 0 bridgehead atoms. The molecule has 1 aliphatic carbocycles. The highest BCUT2D eigenvalue weighted by molar-refractivity contribution is 5.96. The lowest BCUT2D eigenvalue weighted by molar-refractivity contribution is -0.139. The van der Waals surface area contributed by atoms with Crippen molar-refractivity contribution >= 4 is 22.7 Å². The maximum atomic E-state index is 11.8. The van der Waals surface area contributed by atoms with Gasteiger partial charge in [0.2, 0.25) is 0 Å². The summed E-state index contributed by atoms with van der Waals surface area (Å²) in [6.45, 7) is 7.51. The molecule has 0 atom stereocenters. The van der Waals surface area contributed by atoms with Crippen molar-refractivity contribution in [3.63, 3.8) is 0 Å². The van der Waals surface area contributed by atoms with Crippen LogP contribution < -0.4 is 9.47 Å². The molecule has 7 aromatic carbocycles. The Kier molecular flexibility index (Phi) is 10.5. The van der Waals surface area contributed by atoms with E-state index in [1.807, 2.05) is 48.5 Å². The second kappa shape index (κ2) is 16.3. The van der Waals surface area contributed by atoms with Gasteiger partial charge in [-0.25, -0.2) is 9.59 Å². The van der Waals surface area contributed by atoms with Crippen LogP contribution in [-0.4, -0.2) is 38.4 Å². The number of benzene rings is 7. The third-order valence-electron chi connectivity index (χ3n) is 10.4. The summed E-state index contributed by atoms with van der Waals surface area (Å²) in [6, 6.07) is 55.0. The summed E-state index contributed by atoms with van der Waals surface area (Å²) in [7, 11) is 0. The average molecular weight is 749 g/mol. The van der Waals surface area contributed by atoms with Crippen LogP contribution in [0.4, 0.5) is 0 Å². The van der Waals surface area contributed by atoms with Crippen molar-refractivity contribution in [2.45, 2.75) is 5.41 Å².